The highest BCUT2D eigenvalue weighted by molar-refractivity contribution is 6.74. The first-order chi connectivity index (χ1) is 8.63. The van der Waals surface area contributed by atoms with Gasteiger partial charge in [0.25, 0.3) is 0 Å². The number of para-hydroxylation sites is 1. The first-order valence-corrected chi connectivity index (χ1v) is 9.94. The van der Waals surface area contributed by atoms with Gasteiger partial charge >= 0.3 is 0 Å². The molecule has 0 saturated heterocycles. The summed E-state index contributed by atoms with van der Waals surface area (Å²) >= 11 is 0. The molecule has 1 rings (SSSR count). The number of hydrogen-bond acceptors (Lipinski definition) is 1. The Morgan fingerprint density at radius 1 is 1.16 bits per heavy atom. The third-order valence-corrected chi connectivity index (χ3v) is 8.22. The summed E-state index contributed by atoms with van der Waals surface area (Å²) in [6.07, 6.45) is 3.21. The monoisotopic (exact) mass is 276 g/mol. The molecule has 19 heavy (non-hydrogen) atoms. The molecule has 1 nitrogen and oxygen atoms in total. The van der Waals surface area contributed by atoms with Crippen molar-refractivity contribution in [3.8, 4) is 5.75 Å². The lowest BCUT2D eigenvalue weighted by Crippen LogP contribution is -2.44. The molecule has 0 amide bonds. The molecular formula is C17H28OSi. The van der Waals surface area contributed by atoms with Gasteiger partial charge < -0.3 is 4.43 Å². The van der Waals surface area contributed by atoms with Crippen LogP contribution in [0.3, 0.4) is 0 Å². The van der Waals surface area contributed by atoms with Crippen LogP contribution in [0.1, 0.15) is 40.2 Å². The minimum atomic E-state index is -1.75. The van der Waals surface area contributed by atoms with E-state index in [9.17, 15) is 0 Å². The third-order valence-electron chi connectivity index (χ3n) is 3.87. The van der Waals surface area contributed by atoms with Gasteiger partial charge in [-0.3, -0.25) is 0 Å². The summed E-state index contributed by atoms with van der Waals surface area (Å²) in [6, 6.07) is 8.43. The van der Waals surface area contributed by atoms with Gasteiger partial charge in [0.1, 0.15) is 5.75 Å². The summed E-state index contributed by atoms with van der Waals surface area (Å²) in [5, 5.41) is 0.233. The maximum atomic E-state index is 6.44. The van der Waals surface area contributed by atoms with Crippen molar-refractivity contribution in [2.75, 3.05) is 0 Å². The highest BCUT2D eigenvalue weighted by Crippen LogP contribution is 2.38. The fourth-order valence-corrected chi connectivity index (χ4v) is 2.57. The molecule has 1 aromatic carbocycles. The van der Waals surface area contributed by atoms with Crippen molar-refractivity contribution in [2.24, 2.45) is 0 Å². The predicted octanol–water partition coefficient (Wildman–Crippen LogP) is 5.58. The van der Waals surface area contributed by atoms with Crippen molar-refractivity contribution in [1.29, 1.82) is 0 Å². The van der Waals surface area contributed by atoms with Crippen LogP contribution in [0, 0.1) is 0 Å². The van der Waals surface area contributed by atoms with Crippen molar-refractivity contribution in [3.63, 3.8) is 0 Å². The van der Waals surface area contributed by atoms with E-state index < -0.39 is 8.32 Å². The topological polar surface area (TPSA) is 9.23 Å². The highest BCUT2D eigenvalue weighted by Gasteiger charge is 2.39. The normalized spacial score (nSPS) is 12.2. The fourth-order valence-electron chi connectivity index (χ4n) is 1.51. The van der Waals surface area contributed by atoms with Crippen LogP contribution in [0.5, 0.6) is 5.75 Å². The molecule has 0 N–H and O–H groups in total. The smallest absolute Gasteiger partial charge is 0.250 e. The van der Waals surface area contributed by atoms with E-state index in [1.54, 1.807) is 0 Å². The Bertz CT molecular complexity index is 449. The van der Waals surface area contributed by atoms with Gasteiger partial charge in [0.2, 0.25) is 8.32 Å². The number of allylic oxidation sites excluding steroid dienone is 2. The van der Waals surface area contributed by atoms with Crippen molar-refractivity contribution in [2.45, 2.75) is 59.2 Å². The lowest BCUT2D eigenvalue weighted by Gasteiger charge is -2.37. The highest BCUT2D eigenvalue weighted by atomic mass is 28.4. The summed E-state index contributed by atoms with van der Waals surface area (Å²) in [5.74, 6) is 1.06. The second-order valence-corrected chi connectivity index (χ2v) is 11.7. The maximum absolute atomic E-state index is 6.44. The Hall–Kier alpha value is -1.02. The van der Waals surface area contributed by atoms with Gasteiger partial charge in [-0.05, 0) is 50.0 Å². The van der Waals surface area contributed by atoms with Crippen LogP contribution < -0.4 is 4.43 Å². The van der Waals surface area contributed by atoms with E-state index in [2.05, 4.69) is 78.1 Å². The first-order valence-electron chi connectivity index (χ1n) is 7.04. The second kappa shape index (κ2) is 5.95. The summed E-state index contributed by atoms with van der Waals surface area (Å²) < 4.78 is 6.44. The van der Waals surface area contributed by atoms with E-state index in [1.807, 2.05) is 0 Å². The van der Waals surface area contributed by atoms with Crippen LogP contribution in [-0.4, -0.2) is 8.32 Å². The lowest BCUT2D eigenvalue weighted by molar-refractivity contribution is 0.488. The van der Waals surface area contributed by atoms with Crippen molar-refractivity contribution >= 4 is 8.32 Å². The molecular weight excluding hydrogens is 248 g/mol. The van der Waals surface area contributed by atoms with E-state index in [0.29, 0.717) is 0 Å². The van der Waals surface area contributed by atoms with Gasteiger partial charge in [-0.25, -0.2) is 0 Å². The van der Waals surface area contributed by atoms with Crippen molar-refractivity contribution in [1.82, 2.24) is 0 Å². The third kappa shape index (κ3) is 4.54. The minimum absolute atomic E-state index is 0.233. The number of hydrogen-bond donors (Lipinski definition) is 0. The summed E-state index contributed by atoms with van der Waals surface area (Å²) in [7, 11) is -1.75. The molecule has 0 radical (unpaired) electrons. The Labute approximate surface area is 119 Å². The van der Waals surface area contributed by atoms with Gasteiger partial charge in [-0.15, -0.1) is 0 Å². The molecule has 0 aromatic heterocycles. The predicted molar refractivity (Wildman–Crippen MR) is 87.4 cm³/mol. The van der Waals surface area contributed by atoms with Crippen LogP contribution in [0.15, 0.2) is 35.9 Å². The van der Waals surface area contributed by atoms with Gasteiger partial charge in [-0.2, -0.15) is 0 Å². The number of rotatable bonds is 4. The van der Waals surface area contributed by atoms with Gasteiger partial charge in [0, 0.05) is 0 Å². The molecule has 0 saturated carbocycles. The van der Waals surface area contributed by atoms with Crippen molar-refractivity contribution < 1.29 is 4.43 Å². The second-order valence-electron chi connectivity index (χ2n) is 6.96. The molecule has 1 aromatic rings. The van der Waals surface area contributed by atoms with Gasteiger partial charge in [-0.1, -0.05) is 50.6 Å². The van der Waals surface area contributed by atoms with Gasteiger partial charge in [0.05, 0.1) is 0 Å². The number of benzene rings is 1. The average molecular weight is 276 g/mol. The van der Waals surface area contributed by atoms with E-state index in [0.717, 1.165) is 12.2 Å². The first kappa shape index (κ1) is 16.0. The molecule has 106 valence electrons. The largest absolute Gasteiger partial charge is 0.543 e. The SMILES string of the molecule is CC(C)=CCc1ccccc1O[Si](C)(C)C(C)(C)C. The molecule has 0 heterocycles. The molecule has 0 aliphatic rings. The molecule has 0 atom stereocenters. The van der Waals surface area contributed by atoms with E-state index >= 15 is 0 Å². The summed E-state index contributed by atoms with van der Waals surface area (Å²) in [6.45, 7) is 15.7. The lowest BCUT2D eigenvalue weighted by atomic mass is 10.1. The molecule has 0 fully saturated rings. The van der Waals surface area contributed by atoms with Crippen LogP contribution in [0.4, 0.5) is 0 Å². The molecule has 0 unspecified atom stereocenters. The van der Waals surface area contributed by atoms with Gasteiger partial charge in [0.15, 0.2) is 0 Å². The molecule has 0 bridgehead atoms. The quantitative estimate of drug-likeness (QED) is 0.515. The van der Waals surface area contributed by atoms with Crippen LogP contribution in [-0.2, 0) is 6.42 Å². The van der Waals surface area contributed by atoms with Crippen LogP contribution in [0.2, 0.25) is 18.1 Å². The zero-order chi connectivity index (χ0) is 14.7. The van der Waals surface area contributed by atoms with E-state index in [1.165, 1.54) is 11.1 Å². The molecule has 2 heteroatoms. The zero-order valence-electron chi connectivity index (χ0n) is 13.5. The van der Waals surface area contributed by atoms with E-state index in [4.69, 9.17) is 4.43 Å². The van der Waals surface area contributed by atoms with Crippen LogP contribution in [0.25, 0.3) is 0 Å². The fraction of sp³-hybridized carbons (Fsp3) is 0.529. The maximum Gasteiger partial charge on any atom is 0.250 e. The summed E-state index contributed by atoms with van der Waals surface area (Å²) in [4.78, 5) is 0. The Kier molecular flexibility index (Phi) is 5.02. The standard InChI is InChI=1S/C17H28OSi/c1-14(2)12-13-15-10-8-9-11-16(15)18-19(6,7)17(3,4)5/h8-12H,13H2,1-7H3. The molecule has 0 aliphatic carbocycles. The summed E-state index contributed by atoms with van der Waals surface area (Å²) in [5.41, 5.74) is 2.63. The molecule has 0 spiro atoms. The molecule has 0 aliphatic heterocycles. The minimum Gasteiger partial charge on any atom is -0.543 e. The Balaban J connectivity index is 2.99. The van der Waals surface area contributed by atoms with E-state index in [-0.39, 0.29) is 5.04 Å². The Morgan fingerprint density at radius 3 is 2.26 bits per heavy atom. The van der Waals surface area contributed by atoms with Crippen molar-refractivity contribution in [3.05, 3.63) is 41.5 Å². The average Bonchev–Trinajstić information content (AvgIpc) is 2.25. The van der Waals surface area contributed by atoms with Crippen LogP contribution >= 0.6 is 0 Å². The zero-order valence-corrected chi connectivity index (χ0v) is 14.5. The Morgan fingerprint density at radius 2 is 1.74 bits per heavy atom.